The molecule has 4 nitrogen and oxygen atoms in total. The zero-order valence-electron chi connectivity index (χ0n) is 17.3. The standard InChI is InChI=1S/C23H28ClNO3/c1-6-23(28)25(7-2)20-13-17(24)12-19(16(20)5)21(26)9-8-18-15(4)10-14(3)11-22(18)27/h10-13,18H,6-9H2,1-5H3. The largest absolute Gasteiger partial charge is 0.312 e. The fourth-order valence-electron chi connectivity index (χ4n) is 3.74. The van der Waals surface area contributed by atoms with Crippen LogP contribution in [0.1, 0.15) is 62.9 Å². The van der Waals surface area contributed by atoms with Gasteiger partial charge < -0.3 is 4.90 Å². The molecule has 0 aromatic heterocycles. The Hall–Kier alpha value is -2.20. The Balaban J connectivity index is 2.25. The predicted octanol–water partition coefficient (Wildman–Crippen LogP) is 5.47. The molecule has 5 heteroatoms. The van der Waals surface area contributed by atoms with E-state index in [0.29, 0.717) is 35.7 Å². The second-order valence-electron chi connectivity index (χ2n) is 7.28. The van der Waals surface area contributed by atoms with E-state index in [4.69, 9.17) is 11.6 Å². The molecular weight excluding hydrogens is 374 g/mol. The molecule has 28 heavy (non-hydrogen) atoms. The van der Waals surface area contributed by atoms with Crippen LogP contribution in [-0.2, 0) is 9.59 Å². The fourth-order valence-corrected chi connectivity index (χ4v) is 3.95. The molecule has 1 aliphatic carbocycles. The van der Waals surface area contributed by atoms with Gasteiger partial charge in [0.15, 0.2) is 11.6 Å². The van der Waals surface area contributed by atoms with Crippen LogP contribution in [0.25, 0.3) is 0 Å². The number of hydrogen-bond donors (Lipinski definition) is 0. The van der Waals surface area contributed by atoms with Crippen LogP contribution in [0.5, 0.6) is 0 Å². The van der Waals surface area contributed by atoms with Crippen LogP contribution in [-0.4, -0.2) is 24.0 Å². The average Bonchev–Trinajstić information content (AvgIpc) is 2.63. The zero-order valence-corrected chi connectivity index (χ0v) is 18.0. The summed E-state index contributed by atoms with van der Waals surface area (Å²) < 4.78 is 0. The maximum Gasteiger partial charge on any atom is 0.226 e. The Kier molecular flexibility index (Phi) is 7.36. The highest BCUT2D eigenvalue weighted by Gasteiger charge is 2.24. The molecule has 0 fully saturated rings. The molecule has 1 aromatic carbocycles. The van der Waals surface area contributed by atoms with Crippen LogP contribution < -0.4 is 4.90 Å². The molecule has 150 valence electrons. The van der Waals surface area contributed by atoms with Gasteiger partial charge in [0.2, 0.25) is 5.91 Å². The SMILES string of the molecule is CCC(=O)N(CC)c1cc(Cl)cc(C(=O)CCC2C(=O)C=C(C)C=C2C)c1C. The van der Waals surface area contributed by atoms with Crippen LogP contribution in [0, 0.1) is 12.8 Å². The maximum atomic E-state index is 12.9. The minimum Gasteiger partial charge on any atom is -0.312 e. The molecule has 0 N–H and O–H groups in total. The van der Waals surface area contributed by atoms with Gasteiger partial charge in [-0.3, -0.25) is 14.4 Å². The number of rotatable bonds is 7. The average molecular weight is 402 g/mol. The second-order valence-corrected chi connectivity index (χ2v) is 7.72. The Bertz CT molecular complexity index is 867. The van der Waals surface area contributed by atoms with Gasteiger partial charge in [-0.15, -0.1) is 0 Å². The van der Waals surface area contributed by atoms with Crippen molar-refractivity contribution >= 4 is 34.8 Å². The predicted molar refractivity (Wildman–Crippen MR) is 114 cm³/mol. The van der Waals surface area contributed by atoms with Crippen LogP contribution in [0.3, 0.4) is 0 Å². The zero-order chi connectivity index (χ0) is 21.0. The Morgan fingerprint density at radius 2 is 1.79 bits per heavy atom. The van der Waals surface area contributed by atoms with E-state index in [1.807, 2.05) is 40.7 Å². The molecule has 0 bridgehead atoms. The number of anilines is 1. The van der Waals surface area contributed by atoms with Crippen LogP contribution >= 0.6 is 11.6 Å². The highest BCUT2D eigenvalue weighted by Crippen LogP contribution is 2.31. The summed E-state index contributed by atoms with van der Waals surface area (Å²) >= 11 is 6.27. The van der Waals surface area contributed by atoms with E-state index in [0.717, 1.165) is 16.7 Å². The Labute approximate surface area is 172 Å². The molecule has 0 saturated carbocycles. The summed E-state index contributed by atoms with van der Waals surface area (Å²) in [6.07, 6.45) is 4.74. The number of Topliss-reactive ketones (excluding diaryl/α,β-unsaturated/α-hetero) is 1. The molecule has 2 rings (SSSR count). The first-order valence-corrected chi connectivity index (χ1v) is 10.1. The first-order valence-electron chi connectivity index (χ1n) is 9.73. The number of allylic oxidation sites excluding steroid dienone is 4. The number of nitrogens with zero attached hydrogens (tertiary/aromatic N) is 1. The molecule has 0 heterocycles. The van der Waals surface area contributed by atoms with Crippen molar-refractivity contribution in [1.82, 2.24) is 0 Å². The molecule has 0 aliphatic heterocycles. The minimum atomic E-state index is -0.250. The maximum absolute atomic E-state index is 12.9. The summed E-state index contributed by atoms with van der Waals surface area (Å²) in [6.45, 7) is 9.89. The van der Waals surface area contributed by atoms with Crippen molar-refractivity contribution in [2.45, 2.75) is 53.9 Å². The van der Waals surface area contributed by atoms with E-state index < -0.39 is 0 Å². The summed E-state index contributed by atoms with van der Waals surface area (Å²) in [6, 6.07) is 3.39. The van der Waals surface area contributed by atoms with E-state index in [1.54, 1.807) is 23.1 Å². The Morgan fingerprint density at radius 1 is 1.11 bits per heavy atom. The summed E-state index contributed by atoms with van der Waals surface area (Å²) in [5.74, 6) is -0.268. The molecule has 0 radical (unpaired) electrons. The summed E-state index contributed by atoms with van der Waals surface area (Å²) in [7, 11) is 0. The van der Waals surface area contributed by atoms with Crippen molar-refractivity contribution < 1.29 is 14.4 Å². The van der Waals surface area contributed by atoms with E-state index in [2.05, 4.69) is 0 Å². The van der Waals surface area contributed by atoms with Crippen LogP contribution in [0.4, 0.5) is 5.69 Å². The topological polar surface area (TPSA) is 54.5 Å². The highest BCUT2D eigenvalue weighted by atomic mass is 35.5. The lowest BCUT2D eigenvalue weighted by Crippen LogP contribution is -2.30. The molecule has 1 amide bonds. The van der Waals surface area contributed by atoms with E-state index in [-0.39, 0.29) is 29.8 Å². The number of halogens is 1. The van der Waals surface area contributed by atoms with Gasteiger partial charge in [-0.1, -0.05) is 30.2 Å². The van der Waals surface area contributed by atoms with Gasteiger partial charge in [0, 0.05) is 41.6 Å². The van der Waals surface area contributed by atoms with Gasteiger partial charge in [0.05, 0.1) is 0 Å². The van der Waals surface area contributed by atoms with Gasteiger partial charge >= 0.3 is 0 Å². The van der Waals surface area contributed by atoms with E-state index in [9.17, 15) is 14.4 Å². The van der Waals surface area contributed by atoms with Crippen molar-refractivity contribution in [3.8, 4) is 0 Å². The first kappa shape index (κ1) is 22.1. The van der Waals surface area contributed by atoms with Gasteiger partial charge in [-0.2, -0.15) is 0 Å². The number of amides is 1. The molecule has 1 aliphatic rings. The molecule has 1 unspecified atom stereocenters. The third kappa shape index (κ3) is 4.79. The fraction of sp³-hybridized carbons (Fsp3) is 0.435. The minimum absolute atomic E-state index is 0.0120. The lowest BCUT2D eigenvalue weighted by atomic mass is 9.84. The van der Waals surface area contributed by atoms with Gasteiger partial charge in [-0.05, 0) is 63.5 Å². The molecule has 1 atom stereocenters. The smallest absolute Gasteiger partial charge is 0.226 e. The van der Waals surface area contributed by atoms with Crippen LogP contribution in [0.15, 0.2) is 35.4 Å². The lowest BCUT2D eigenvalue weighted by Gasteiger charge is -2.24. The number of ketones is 2. The summed E-state index contributed by atoms with van der Waals surface area (Å²) in [4.78, 5) is 39.1. The number of carbonyl (C=O) groups excluding carboxylic acids is 3. The highest BCUT2D eigenvalue weighted by molar-refractivity contribution is 6.31. The van der Waals surface area contributed by atoms with Crippen LogP contribution in [0.2, 0.25) is 5.02 Å². The van der Waals surface area contributed by atoms with Gasteiger partial charge in [-0.25, -0.2) is 0 Å². The van der Waals surface area contributed by atoms with Crippen molar-refractivity contribution in [3.05, 3.63) is 51.6 Å². The van der Waals surface area contributed by atoms with Gasteiger partial charge in [0.25, 0.3) is 0 Å². The monoisotopic (exact) mass is 401 g/mol. The van der Waals surface area contributed by atoms with Crippen molar-refractivity contribution in [1.29, 1.82) is 0 Å². The quantitative estimate of drug-likeness (QED) is 0.569. The van der Waals surface area contributed by atoms with Crippen molar-refractivity contribution in [2.75, 3.05) is 11.4 Å². The number of benzene rings is 1. The molecule has 1 aromatic rings. The van der Waals surface area contributed by atoms with Crippen molar-refractivity contribution in [2.24, 2.45) is 5.92 Å². The van der Waals surface area contributed by atoms with E-state index in [1.165, 1.54) is 0 Å². The molecule has 0 saturated heterocycles. The molecule has 0 spiro atoms. The van der Waals surface area contributed by atoms with Gasteiger partial charge in [0.1, 0.15) is 0 Å². The lowest BCUT2D eigenvalue weighted by molar-refractivity contribution is -0.118. The van der Waals surface area contributed by atoms with Crippen molar-refractivity contribution in [3.63, 3.8) is 0 Å². The first-order chi connectivity index (χ1) is 13.2. The third-order valence-electron chi connectivity index (χ3n) is 5.23. The third-order valence-corrected chi connectivity index (χ3v) is 5.45. The molecular formula is C23H28ClNO3. The normalized spacial score (nSPS) is 16.5. The Morgan fingerprint density at radius 3 is 2.36 bits per heavy atom. The summed E-state index contributed by atoms with van der Waals surface area (Å²) in [5.41, 5.74) is 3.87. The van der Waals surface area contributed by atoms with E-state index >= 15 is 0 Å². The number of hydrogen-bond acceptors (Lipinski definition) is 3. The number of carbonyl (C=O) groups is 3. The summed E-state index contributed by atoms with van der Waals surface area (Å²) in [5, 5.41) is 0.426. The second kappa shape index (κ2) is 9.33.